The lowest BCUT2D eigenvalue weighted by atomic mass is 9.66. The van der Waals surface area contributed by atoms with E-state index in [1.807, 2.05) is 32.0 Å². The second-order valence-corrected chi connectivity index (χ2v) is 6.22. The zero-order valence-corrected chi connectivity index (χ0v) is 13.1. The fraction of sp³-hybridized carbons (Fsp3) is 0.529. The lowest BCUT2D eigenvalue weighted by molar-refractivity contribution is -0.157. The molecule has 2 rings (SSSR count). The highest BCUT2D eigenvalue weighted by Crippen LogP contribution is 2.44. The van der Waals surface area contributed by atoms with Crippen LogP contribution in [0.25, 0.3) is 0 Å². The van der Waals surface area contributed by atoms with Gasteiger partial charge in [-0.1, -0.05) is 18.6 Å². The van der Waals surface area contributed by atoms with E-state index in [1.165, 1.54) is 0 Å². The summed E-state index contributed by atoms with van der Waals surface area (Å²) in [6.07, 6.45) is 2.22. The van der Waals surface area contributed by atoms with Crippen molar-refractivity contribution in [3.8, 4) is 0 Å². The fourth-order valence-corrected chi connectivity index (χ4v) is 2.58. The number of carboxylic acids is 1. The van der Waals surface area contributed by atoms with Gasteiger partial charge in [0.2, 0.25) is 5.91 Å². The van der Waals surface area contributed by atoms with Gasteiger partial charge in [0.25, 0.3) is 0 Å². The van der Waals surface area contributed by atoms with E-state index in [-0.39, 0.29) is 18.4 Å². The molecule has 0 radical (unpaired) electrons. The molecule has 0 aliphatic heterocycles. The number of nitrogens with one attached hydrogen (secondary N) is 1. The number of ether oxygens (including phenoxy) is 1. The number of benzene rings is 1. The van der Waals surface area contributed by atoms with Crippen molar-refractivity contribution in [3.05, 3.63) is 29.8 Å². The number of carbonyl (C=O) groups excluding carboxylic acids is 1. The van der Waals surface area contributed by atoms with Gasteiger partial charge in [-0.2, -0.15) is 0 Å². The molecule has 1 fully saturated rings. The van der Waals surface area contributed by atoms with E-state index in [0.717, 1.165) is 12.0 Å². The van der Waals surface area contributed by atoms with Crippen LogP contribution in [0.1, 0.15) is 45.1 Å². The molecule has 1 aromatic rings. The minimum Gasteiger partial charge on any atom is -0.481 e. The predicted molar refractivity (Wildman–Crippen MR) is 83.5 cm³/mol. The first-order valence-electron chi connectivity index (χ1n) is 7.65. The molecule has 5 heteroatoms. The van der Waals surface area contributed by atoms with Crippen LogP contribution in [0, 0.1) is 5.41 Å². The third-order valence-electron chi connectivity index (χ3n) is 4.06. The monoisotopic (exact) mass is 305 g/mol. The molecule has 1 aromatic carbocycles. The number of rotatable bonds is 7. The summed E-state index contributed by atoms with van der Waals surface area (Å²) in [4.78, 5) is 23.4. The average Bonchev–Trinajstić information content (AvgIpc) is 2.40. The smallest absolute Gasteiger partial charge is 0.310 e. The largest absolute Gasteiger partial charge is 0.481 e. The molecule has 1 amide bonds. The lowest BCUT2D eigenvalue weighted by Gasteiger charge is -2.36. The second kappa shape index (κ2) is 6.92. The summed E-state index contributed by atoms with van der Waals surface area (Å²) in [6.45, 7) is 4.42. The zero-order valence-electron chi connectivity index (χ0n) is 13.1. The van der Waals surface area contributed by atoms with E-state index >= 15 is 0 Å². The van der Waals surface area contributed by atoms with Crippen LogP contribution in [-0.4, -0.2) is 23.1 Å². The molecule has 120 valence electrons. The highest BCUT2D eigenvalue weighted by Gasteiger charge is 2.45. The van der Waals surface area contributed by atoms with Gasteiger partial charge in [0, 0.05) is 12.1 Å². The highest BCUT2D eigenvalue weighted by molar-refractivity contribution is 5.94. The number of carbonyl (C=O) groups is 2. The maximum Gasteiger partial charge on any atom is 0.310 e. The molecule has 1 aliphatic rings. The molecule has 0 bridgehead atoms. The van der Waals surface area contributed by atoms with Crippen molar-refractivity contribution in [1.29, 1.82) is 0 Å². The minimum absolute atomic E-state index is 0.0368. The molecule has 2 N–H and O–H groups in total. The number of anilines is 1. The van der Waals surface area contributed by atoms with E-state index in [2.05, 4.69) is 5.32 Å². The van der Waals surface area contributed by atoms with Crippen molar-refractivity contribution < 1.29 is 19.4 Å². The maximum atomic E-state index is 12.1. The van der Waals surface area contributed by atoms with Gasteiger partial charge in [0.15, 0.2) is 0 Å². The Balaban J connectivity index is 1.94. The van der Waals surface area contributed by atoms with Crippen LogP contribution < -0.4 is 5.32 Å². The predicted octanol–water partition coefficient (Wildman–Crippen LogP) is 3.20. The Morgan fingerprint density at radius 2 is 2.09 bits per heavy atom. The number of amides is 1. The normalized spacial score (nSPS) is 16.1. The van der Waals surface area contributed by atoms with Crippen molar-refractivity contribution in [3.63, 3.8) is 0 Å². The third kappa shape index (κ3) is 4.07. The van der Waals surface area contributed by atoms with Crippen LogP contribution in [0.3, 0.4) is 0 Å². The Kier molecular flexibility index (Phi) is 5.19. The Labute approximate surface area is 130 Å². The molecular formula is C17H23NO4. The number of hydrogen-bond acceptors (Lipinski definition) is 3. The van der Waals surface area contributed by atoms with Crippen LogP contribution >= 0.6 is 0 Å². The van der Waals surface area contributed by atoms with Gasteiger partial charge < -0.3 is 15.2 Å². The summed E-state index contributed by atoms with van der Waals surface area (Å²) in [5, 5.41) is 12.1. The summed E-state index contributed by atoms with van der Waals surface area (Å²) in [6, 6.07) is 7.44. The number of aliphatic carboxylic acids is 1. The van der Waals surface area contributed by atoms with Gasteiger partial charge in [-0.05, 0) is 44.4 Å². The van der Waals surface area contributed by atoms with Crippen molar-refractivity contribution in [2.45, 2.75) is 52.2 Å². The first-order valence-corrected chi connectivity index (χ1v) is 7.65. The van der Waals surface area contributed by atoms with Crippen LogP contribution in [0.4, 0.5) is 5.69 Å². The van der Waals surface area contributed by atoms with Crippen LogP contribution in [0.2, 0.25) is 0 Å². The molecule has 0 atom stereocenters. The molecule has 0 heterocycles. The van der Waals surface area contributed by atoms with Crippen LogP contribution in [-0.2, 0) is 20.9 Å². The minimum atomic E-state index is -0.868. The van der Waals surface area contributed by atoms with E-state index in [0.29, 0.717) is 25.1 Å². The van der Waals surface area contributed by atoms with Crippen molar-refractivity contribution >= 4 is 17.6 Å². The van der Waals surface area contributed by atoms with Crippen molar-refractivity contribution in [1.82, 2.24) is 0 Å². The van der Waals surface area contributed by atoms with E-state index < -0.39 is 11.4 Å². The van der Waals surface area contributed by atoms with Crippen molar-refractivity contribution in [2.24, 2.45) is 5.41 Å². The number of carboxylic acid groups (broad SMARTS) is 1. The van der Waals surface area contributed by atoms with Crippen LogP contribution in [0.5, 0.6) is 0 Å². The van der Waals surface area contributed by atoms with Crippen LogP contribution in [0.15, 0.2) is 24.3 Å². The summed E-state index contributed by atoms with van der Waals surface area (Å²) >= 11 is 0. The SMILES string of the molecule is CC(C)OCc1cccc(NC(=O)CC2(C(=O)O)CCC2)c1. The molecule has 0 aromatic heterocycles. The first-order chi connectivity index (χ1) is 10.4. The Hall–Kier alpha value is -1.88. The van der Waals surface area contributed by atoms with Gasteiger partial charge in [0.05, 0.1) is 18.1 Å². The van der Waals surface area contributed by atoms with Gasteiger partial charge in [-0.3, -0.25) is 9.59 Å². The summed E-state index contributed by atoms with van der Waals surface area (Å²) in [5.41, 5.74) is 0.792. The number of hydrogen-bond donors (Lipinski definition) is 2. The molecular weight excluding hydrogens is 282 g/mol. The topological polar surface area (TPSA) is 75.6 Å². The zero-order chi connectivity index (χ0) is 16.2. The summed E-state index contributed by atoms with van der Waals surface area (Å²) < 4.78 is 5.54. The molecule has 0 spiro atoms. The standard InChI is InChI=1S/C17H23NO4/c1-12(2)22-11-13-5-3-6-14(9-13)18-15(19)10-17(16(20)21)7-4-8-17/h3,5-6,9,12H,4,7-8,10-11H2,1-2H3,(H,18,19)(H,20,21). The second-order valence-electron chi connectivity index (χ2n) is 6.22. The van der Waals surface area contributed by atoms with E-state index in [1.54, 1.807) is 6.07 Å². The van der Waals surface area contributed by atoms with Gasteiger partial charge >= 0.3 is 5.97 Å². The molecule has 5 nitrogen and oxygen atoms in total. The molecule has 0 unspecified atom stereocenters. The highest BCUT2D eigenvalue weighted by atomic mass is 16.5. The fourth-order valence-electron chi connectivity index (χ4n) is 2.58. The average molecular weight is 305 g/mol. The Bertz CT molecular complexity index is 549. The summed E-state index contributed by atoms with van der Waals surface area (Å²) in [5.74, 6) is -1.11. The third-order valence-corrected chi connectivity index (χ3v) is 4.06. The molecule has 1 saturated carbocycles. The lowest BCUT2D eigenvalue weighted by Crippen LogP contribution is -2.41. The molecule has 0 saturated heterocycles. The Morgan fingerprint density at radius 3 is 2.64 bits per heavy atom. The van der Waals surface area contributed by atoms with Gasteiger partial charge in [0.1, 0.15) is 0 Å². The van der Waals surface area contributed by atoms with E-state index in [4.69, 9.17) is 4.74 Å². The van der Waals surface area contributed by atoms with Gasteiger partial charge in [-0.25, -0.2) is 0 Å². The quantitative estimate of drug-likeness (QED) is 0.811. The first kappa shape index (κ1) is 16.5. The molecule has 22 heavy (non-hydrogen) atoms. The Morgan fingerprint density at radius 1 is 1.36 bits per heavy atom. The maximum absolute atomic E-state index is 12.1. The van der Waals surface area contributed by atoms with E-state index in [9.17, 15) is 14.7 Å². The van der Waals surface area contributed by atoms with Crippen molar-refractivity contribution in [2.75, 3.05) is 5.32 Å². The van der Waals surface area contributed by atoms with Gasteiger partial charge in [-0.15, -0.1) is 0 Å². The molecule has 1 aliphatic carbocycles. The summed E-state index contributed by atoms with van der Waals surface area (Å²) in [7, 11) is 0.